The van der Waals surface area contributed by atoms with Gasteiger partial charge in [-0.15, -0.1) is 11.3 Å². The second-order valence-electron chi connectivity index (χ2n) is 6.82. The van der Waals surface area contributed by atoms with Crippen LogP contribution < -0.4 is 5.73 Å². The third-order valence-electron chi connectivity index (χ3n) is 5.21. The van der Waals surface area contributed by atoms with Gasteiger partial charge in [0.25, 0.3) is 5.91 Å². The van der Waals surface area contributed by atoms with E-state index in [1.54, 1.807) is 11.3 Å². The van der Waals surface area contributed by atoms with Gasteiger partial charge in [0.15, 0.2) is 0 Å². The summed E-state index contributed by atoms with van der Waals surface area (Å²) in [6.45, 7) is 2.79. The molecule has 5 heteroatoms. The fourth-order valence-corrected chi connectivity index (χ4v) is 4.54. The largest absolute Gasteiger partial charge is 0.338 e. The molecule has 2 aromatic heterocycles. The number of hydrogen-bond donors (Lipinski definition) is 1. The third kappa shape index (κ3) is 3.32. The molecule has 1 aliphatic rings. The van der Waals surface area contributed by atoms with Crippen molar-refractivity contribution in [3.63, 3.8) is 0 Å². The van der Waals surface area contributed by atoms with Gasteiger partial charge < -0.3 is 15.2 Å². The van der Waals surface area contributed by atoms with E-state index < -0.39 is 0 Å². The zero-order chi connectivity index (χ0) is 17.9. The highest BCUT2D eigenvalue weighted by molar-refractivity contribution is 7.09. The van der Waals surface area contributed by atoms with E-state index in [1.165, 1.54) is 10.4 Å². The summed E-state index contributed by atoms with van der Waals surface area (Å²) < 4.78 is 2.04. The quantitative estimate of drug-likeness (QED) is 0.753. The fourth-order valence-electron chi connectivity index (χ4n) is 3.83. The van der Waals surface area contributed by atoms with Gasteiger partial charge in [-0.3, -0.25) is 4.79 Å². The van der Waals surface area contributed by atoms with E-state index in [9.17, 15) is 4.79 Å². The van der Waals surface area contributed by atoms with Crippen LogP contribution in [0.4, 0.5) is 0 Å². The Balaban J connectivity index is 1.53. The minimum absolute atomic E-state index is 0.100. The molecule has 0 aliphatic carbocycles. The van der Waals surface area contributed by atoms with Crippen molar-refractivity contribution < 1.29 is 4.79 Å². The van der Waals surface area contributed by atoms with Crippen LogP contribution in [0.5, 0.6) is 0 Å². The Morgan fingerprint density at radius 1 is 1.08 bits per heavy atom. The zero-order valence-electron chi connectivity index (χ0n) is 14.6. The predicted octanol–water partition coefficient (Wildman–Crippen LogP) is 3.41. The highest BCUT2D eigenvalue weighted by atomic mass is 32.1. The summed E-state index contributed by atoms with van der Waals surface area (Å²) in [5.74, 6) is 0.719. The van der Waals surface area contributed by atoms with E-state index in [4.69, 9.17) is 5.73 Å². The Kier molecular flexibility index (Phi) is 4.91. The Morgan fingerprint density at radius 2 is 1.92 bits per heavy atom. The Morgan fingerprint density at radius 3 is 2.65 bits per heavy atom. The molecular formula is C21H23N3OS. The van der Waals surface area contributed by atoms with Gasteiger partial charge in [0.05, 0.1) is 6.54 Å². The summed E-state index contributed by atoms with van der Waals surface area (Å²) in [5, 5.41) is 2.07. The van der Waals surface area contributed by atoms with Gasteiger partial charge in [-0.1, -0.05) is 36.4 Å². The molecule has 134 valence electrons. The normalized spacial score (nSPS) is 19.8. The molecule has 1 aromatic carbocycles. The van der Waals surface area contributed by atoms with E-state index in [-0.39, 0.29) is 5.91 Å². The van der Waals surface area contributed by atoms with E-state index in [1.807, 2.05) is 39.9 Å². The van der Waals surface area contributed by atoms with Gasteiger partial charge in [0.2, 0.25) is 0 Å². The third-order valence-corrected chi connectivity index (χ3v) is 6.07. The number of amides is 1. The summed E-state index contributed by atoms with van der Waals surface area (Å²) in [6.07, 6.45) is 1.98. The summed E-state index contributed by atoms with van der Waals surface area (Å²) in [6, 6.07) is 18.4. The second-order valence-corrected chi connectivity index (χ2v) is 7.86. The predicted molar refractivity (Wildman–Crippen MR) is 105 cm³/mol. The molecule has 4 nitrogen and oxygen atoms in total. The average Bonchev–Trinajstić information content (AvgIpc) is 3.43. The van der Waals surface area contributed by atoms with Crippen molar-refractivity contribution in [2.24, 2.45) is 11.7 Å². The lowest BCUT2D eigenvalue weighted by molar-refractivity contribution is 0.0776. The molecular weight excluding hydrogens is 342 g/mol. The second kappa shape index (κ2) is 7.48. The average molecular weight is 366 g/mol. The highest BCUT2D eigenvalue weighted by Gasteiger charge is 2.36. The number of hydrogen-bond acceptors (Lipinski definition) is 3. The maximum Gasteiger partial charge on any atom is 0.270 e. The number of likely N-dealkylation sites (tertiary alicyclic amines) is 1. The van der Waals surface area contributed by atoms with Crippen LogP contribution in [0.3, 0.4) is 0 Å². The van der Waals surface area contributed by atoms with Gasteiger partial charge >= 0.3 is 0 Å². The van der Waals surface area contributed by atoms with Crippen LogP contribution in [0.25, 0.3) is 0 Å². The fraction of sp³-hybridized carbons (Fsp3) is 0.286. The minimum Gasteiger partial charge on any atom is -0.338 e. The lowest BCUT2D eigenvalue weighted by Gasteiger charge is -2.18. The first-order chi connectivity index (χ1) is 12.8. The standard InChI is InChI=1S/C21H23N3OS/c22-12-17-13-24(15-19(17)16-6-2-1-3-7-16)21(25)20-9-4-10-23(20)14-18-8-5-11-26-18/h1-11,17,19H,12-15,22H2/t17-,19+/m1/s1. The molecule has 3 aromatic rings. The molecule has 0 saturated carbocycles. The molecule has 1 saturated heterocycles. The number of nitrogens with zero attached hydrogens (tertiary/aromatic N) is 2. The molecule has 0 unspecified atom stereocenters. The van der Waals surface area contributed by atoms with Crippen molar-refractivity contribution in [1.82, 2.24) is 9.47 Å². The number of aromatic nitrogens is 1. The Labute approximate surface area is 157 Å². The summed E-state index contributed by atoms with van der Waals surface area (Å²) >= 11 is 1.71. The first-order valence-corrected chi connectivity index (χ1v) is 9.86. The van der Waals surface area contributed by atoms with Crippen LogP contribution in [0, 0.1) is 5.92 Å². The number of thiophene rings is 1. The molecule has 2 N–H and O–H groups in total. The van der Waals surface area contributed by atoms with E-state index >= 15 is 0 Å². The summed E-state index contributed by atoms with van der Waals surface area (Å²) in [4.78, 5) is 16.4. The van der Waals surface area contributed by atoms with Crippen LogP contribution in [0.15, 0.2) is 66.2 Å². The maximum atomic E-state index is 13.2. The van der Waals surface area contributed by atoms with Crippen molar-refractivity contribution in [2.45, 2.75) is 12.5 Å². The number of carbonyl (C=O) groups is 1. The van der Waals surface area contributed by atoms with Gasteiger partial charge in [-0.2, -0.15) is 0 Å². The molecule has 26 heavy (non-hydrogen) atoms. The van der Waals surface area contributed by atoms with Gasteiger partial charge in [-0.05, 0) is 41.6 Å². The molecule has 1 aliphatic heterocycles. The molecule has 0 bridgehead atoms. The van der Waals surface area contributed by atoms with Gasteiger partial charge in [0, 0.05) is 30.1 Å². The number of rotatable bonds is 5. The first kappa shape index (κ1) is 17.1. The minimum atomic E-state index is 0.100. The van der Waals surface area contributed by atoms with Crippen LogP contribution >= 0.6 is 11.3 Å². The Hall–Kier alpha value is -2.37. The number of nitrogens with two attached hydrogens (primary N) is 1. The van der Waals surface area contributed by atoms with Crippen molar-refractivity contribution >= 4 is 17.2 Å². The molecule has 3 heterocycles. The topological polar surface area (TPSA) is 51.3 Å². The lowest BCUT2D eigenvalue weighted by Crippen LogP contribution is -2.31. The smallest absolute Gasteiger partial charge is 0.270 e. The molecule has 0 spiro atoms. The van der Waals surface area contributed by atoms with Crippen LogP contribution in [0.2, 0.25) is 0 Å². The molecule has 4 rings (SSSR count). The SMILES string of the molecule is NC[C@@H]1CN(C(=O)c2cccn2Cc2cccs2)C[C@H]1c1ccccc1. The van der Waals surface area contributed by atoms with Crippen LogP contribution in [0.1, 0.15) is 26.8 Å². The van der Waals surface area contributed by atoms with Gasteiger partial charge in [-0.25, -0.2) is 0 Å². The molecule has 1 amide bonds. The molecule has 1 fully saturated rings. The Bertz CT molecular complexity index is 857. The molecule has 2 atom stereocenters. The number of carbonyl (C=O) groups excluding carboxylic acids is 1. The summed E-state index contributed by atoms with van der Waals surface area (Å²) in [5.41, 5.74) is 8.04. The van der Waals surface area contributed by atoms with E-state index in [2.05, 4.69) is 35.7 Å². The maximum absolute atomic E-state index is 13.2. The van der Waals surface area contributed by atoms with E-state index in [0.717, 1.165) is 25.3 Å². The molecule has 0 radical (unpaired) electrons. The van der Waals surface area contributed by atoms with Crippen LogP contribution in [-0.2, 0) is 6.54 Å². The van der Waals surface area contributed by atoms with Crippen molar-refractivity contribution in [1.29, 1.82) is 0 Å². The highest BCUT2D eigenvalue weighted by Crippen LogP contribution is 2.33. The van der Waals surface area contributed by atoms with Crippen LogP contribution in [-0.4, -0.2) is 35.0 Å². The number of benzene rings is 1. The monoisotopic (exact) mass is 365 g/mol. The first-order valence-electron chi connectivity index (χ1n) is 8.98. The van der Waals surface area contributed by atoms with E-state index in [0.29, 0.717) is 18.4 Å². The summed E-state index contributed by atoms with van der Waals surface area (Å²) in [7, 11) is 0. The van der Waals surface area contributed by atoms with Gasteiger partial charge in [0.1, 0.15) is 5.69 Å². The zero-order valence-corrected chi connectivity index (χ0v) is 15.4. The van der Waals surface area contributed by atoms with Crippen molar-refractivity contribution in [2.75, 3.05) is 19.6 Å². The van der Waals surface area contributed by atoms with Crippen molar-refractivity contribution in [3.05, 3.63) is 82.3 Å². The van der Waals surface area contributed by atoms with Crippen molar-refractivity contribution in [3.8, 4) is 0 Å². The lowest BCUT2D eigenvalue weighted by atomic mass is 9.89.